The number of hydrogen-bond acceptors (Lipinski definition) is 4. The molecule has 0 saturated heterocycles. The third-order valence-electron chi connectivity index (χ3n) is 3.28. The van der Waals surface area contributed by atoms with Gasteiger partial charge in [-0.2, -0.15) is 0 Å². The lowest BCUT2D eigenvalue weighted by Crippen LogP contribution is -2.46. The molecule has 4 nitrogen and oxygen atoms in total. The Morgan fingerprint density at radius 2 is 1.32 bits per heavy atom. The highest BCUT2D eigenvalue weighted by atomic mass is 28.4. The first-order valence-corrected chi connectivity index (χ1v) is 10.3. The van der Waals surface area contributed by atoms with Gasteiger partial charge >= 0.3 is 8.80 Å². The van der Waals surface area contributed by atoms with Gasteiger partial charge in [-0.3, -0.25) is 0 Å². The molecule has 1 aromatic rings. The predicted octanol–water partition coefficient (Wildman–Crippen LogP) is 4.07. The molecule has 0 saturated carbocycles. The van der Waals surface area contributed by atoms with Crippen molar-refractivity contribution >= 4 is 8.80 Å². The SMILES string of the molecule is CCOc1ccc(CCC[Si](OCC)(OCC)OCC)cc1. The minimum Gasteiger partial charge on any atom is -0.494 e. The molecular weight excluding hydrogens is 296 g/mol. The molecule has 0 unspecified atom stereocenters. The normalized spacial score (nSPS) is 11.6. The fourth-order valence-corrected chi connectivity index (χ4v) is 5.04. The first kappa shape index (κ1) is 19.2. The Hall–Kier alpha value is -0.883. The van der Waals surface area contributed by atoms with E-state index in [1.807, 2.05) is 39.8 Å². The highest BCUT2D eigenvalue weighted by molar-refractivity contribution is 6.60. The summed E-state index contributed by atoms with van der Waals surface area (Å²) in [5.74, 6) is 0.924. The minimum atomic E-state index is -2.50. The standard InChI is InChI=1S/C17H30O4Si/c1-5-18-17-13-11-16(12-14-17)10-9-15-22(19-6-2,20-7-3)21-8-4/h11-14H,5-10,15H2,1-4H3. The van der Waals surface area contributed by atoms with Crippen molar-refractivity contribution in [3.63, 3.8) is 0 Å². The van der Waals surface area contributed by atoms with Crippen molar-refractivity contribution in [2.75, 3.05) is 26.4 Å². The number of hydrogen-bond donors (Lipinski definition) is 0. The maximum atomic E-state index is 5.87. The number of ether oxygens (including phenoxy) is 1. The van der Waals surface area contributed by atoms with E-state index >= 15 is 0 Å². The Bertz CT molecular complexity index is 377. The Labute approximate surface area is 136 Å². The van der Waals surface area contributed by atoms with Gasteiger partial charge in [-0.25, -0.2) is 0 Å². The predicted molar refractivity (Wildman–Crippen MR) is 91.4 cm³/mol. The van der Waals surface area contributed by atoms with Crippen molar-refractivity contribution in [1.29, 1.82) is 0 Å². The highest BCUT2D eigenvalue weighted by Gasteiger charge is 2.39. The van der Waals surface area contributed by atoms with Crippen LogP contribution in [0.2, 0.25) is 6.04 Å². The molecule has 0 N–H and O–H groups in total. The summed E-state index contributed by atoms with van der Waals surface area (Å²) < 4.78 is 23.1. The van der Waals surface area contributed by atoms with Crippen LogP contribution >= 0.6 is 0 Å². The molecule has 0 aromatic heterocycles. The smallest absolute Gasteiger partial charge is 0.494 e. The quantitative estimate of drug-likeness (QED) is 0.543. The van der Waals surface area contributed by atoms with E-state index < -0.39 is 8.80 Å². The van der Waals surface area contributed by atoms with E-state index in [-0.39, 0.29) is 0 Å². The average Bonchev–Trinajstić information content (AvgIpc) is 2.50. The molecule has 5 heteroatoms. The van der Waals surface area contributed by atoms with Gasteiger partial charge in [0.15, 0.2) is 0 Å². The van der Waals surface area contributed by atoms with Gasteiger partial charge in [0.2, 0.25) is 0 Å². The molecule has 0 radical (unpaired) electrons. The van der Waals surface area contributed by atoms with Gasteiger partial charge in [0.05, 0.1) is 6.61 Å². The first-order valence-electron chi connectivity index (χ1n) is 8.33. The molecule has 0 aliphatic carbocycles. The lowest BCUT2D eigenvalue weighted by atomic mass is 10.1. The summed E-state index contributed by atoms with van der Waals surface area (Å²) in [6, 6.07) is 9.15. The molecule has 0 fully saturated rings. The van der Waals surface area contributed by atoms with Crippen LogP contribution in [0.1, 0.15) is 39.7 Å². The monoisotopic (exact) mass is 326 g/mol. The summed E-state index contributed by atoms with van der Waals surface area (Å²) >= 11 is 0. The van der Waals surface area contributed by atoms with Gasteiger partial charge in [-0.05, 0) is 58.2 Å². The van der Waals surface area contributed by atoms with E-state index in [9.17, 15) is 0 Å². The van der Waals surface area contributed by atoms with Crippen LogP contribution in [0, 0.1) is 0 Å². The van der Waals surface area contributed by atoms with Crippen LogP contribution in [-0.2, 0) is 19.7 Å². The van der Waals surface area contributed by atoms with E-state index in [0.29, 0.717) is 26.4 Å². The number of rotatable bonds is 12. The maximum Gasteiger partial charge on any atom is 0.500 e. The van der Waals surface area contributed by atoms with E-state index in [0.717, 1.165) is 24.6 Å². The average molecular weight is 327 g/mol. The van der Waals surface area contributed by atoms with Gasteiger partial charge in [0, 0.05) is 25.9 Å². The summed E-state index contributed by atoms with van der Waals surface area (Å²) in [5, 5.41) is 0. The topological polar surface area (TPSA) is 36.9 Å². The molecule has 22 heavy (non-hydrogen) atoms. The Morgan fingerprint density at radius 1 is 0.773 bits per heavy atom. The molecule has 1 aromatic carbocycles. The Balaban J connectivity index is 2.53. The Kier molecular flexibility index (Phi) is 9.39. The summed E-state index contributed by atoms with van der Waals surface area (Å²) in [6.07, 6.45) is 1.99. The van der Waals surface area contributed by atoms with Crippen molar-refractivity contribution < 1.29 is 18.0 Å². The molecule has 0 amide bonds. The van der Waals surface area contributed by atoms with Crippen LogP contribution in [0.25, 0.3) is 0 Å². The second-order valence-electron chi connectivity index (χ2n) is 4.91. The third kappa shape index (κ3) is 6.48. The zero-order valence-electron chi connectivity index (χ0n) is 14.4. The van der Waals surface area contributed by atoms with Crippen molar-refractivity contribution in [1.82, 2.24) is 0 Å². The summed E-state index contributed by atoms with van der Waals surface area (Å²) in [4.78, 5) is 0. The van der Waals surface area contributed by atoms with Crippen molar-refractivity contribution in [3.8, 4) is 5.75 Å². The van der Waals surface area contributed by atoms with Crippen molar-refractivity contribution in [2.24, 2.45) is 0 Å². The molecule has 0 atom stereocenters. The van der Waals surface area contributed by atoms with Crippen molar-refractivity contribution in [3.05, 3.63) is 29.8 Å². The third-order valence-corrected chi connectivity index (χ3v) is 6.43. The molecule has 0 aliphatic heterocycles. The zero-order chi connectivity index (χ0) is 16.3. The van der Waals surface area contributed by atoms with Gasteiger partial charge < -0.3 is 18.0 Å². The van der Waals surface area contributed by atoms with E-state index in [1.54, 1.807) is 0 Å². The van der Waals surface area contributed by atoms with E-state index in [2.05, 4.69) is 12.1 Å². The lowest BCUT2D eigenvalue weighted by molar-refractivity contribution is 0.0708. The maximum absolute atomic E-state index is 5.87. The fourth-order valence-electron chi connectivity index (χ4n) is 2.43. The van der Waals surface area contributed by atoms with E-state index in [1.165, 1.54) is 5.56 Å². The minimum absolute atomic E-state index is 0.634. The largest absolute Gasteiger partial charge is 0.500 e. The molecule has 126 valence electrons. The van der Waals surface area contributed by atoms with Gasteiger partial charge in [-0.15, -0.1) is 0 Å². The van der Waals surface area contributed by atoms with Gasteiger partial charge in [0.25, 0.3) is 0 Å². The zero-order valence-corrected chi connectivity index (χ0v) is 15.4. The van der Waals surface area contributed by atoms with Crippen LogP contribution in [-0.4, -0.2) is 35.2 Å². The second kappa shape index (κ2) is 10.8. The van der Waals surface area contributed by atoms with Gasteiger partial charge in [0.1, 0.15) is 5.75 Å². The first-order chi connectivity index (χ1) is 10.7. The summed E-state index contributed by atoms with van der Waals surface area (Å²) in [5.41, 5.74) is 1.30. The summed E-state index contributed by atoms with van der Waals surface area (Å²) in [6.45, 7) is 10.6. The Morgan fingerprint density at radius 3 is 1.77 bits per heavy atom. The summed E-state index contributed by atoms with van der Waals surface area (Å²) in [7, 11) is -2.50. The number of benzene rings is 1. The molecule has 0 aliphatic rings. The van der Waals surface area contributed by atoms with E-state index in [4.69, 9.17) is 18.0 Å². The fraction of sp³-hybridized carbons (Fsp3) is 0.647. The molecule has 0 spiro atoms. The number of aryl methyl sites for hydroxylation is 1. The van der Waals surface area contributed by atoms with Crippen LogP contribution < -0.4 is 4.74 Å². The molecular formula is C17H30O4Si. The van der Waals surface area contributed by atoms with Crippen LogP contribution in [0.5, 0.6) is 5.75 Å². The van der Waals surface area contributed by atoms with Crippen LogP contribution in [0.3, 0.4) is 0 Å². The van der Waals surface area contributed by atoms with Gasteiger partial charge in [-0.1, -0.05) is 12.1 Å². The molecule has 1 rings (SSSR count). The lowest BCUT2D eigenvalue weighted by Gasteiger charge is -2.28. The molecule has 0 bridgehead atoms. The second-order valence-corrected chi connectivity index (χ2v) is 7.64. The van der Waals surface area contributed by atoms with Crippen molar-refractivity contribution in [2.45, 2.75) is 46.6 Å². The van der Waals surface area contributed by atoms with Crippen LogP contribution in [0.15, 0.2) is 24.3 Å². The highest BCUT2D eigenvalue weighted by Crippen LogP contribution is 2.21. The molecule has 0 heterocycles. The van der Waals surface area contributed by atoms with Crippen LogP contribution in [0.4, 0.5) is 0 Å².